The molecular weight excluding hydrogens is 332 g/mol. The van der Waals surface area contributed by atoms with Gasteiger partial charge in [-0.15, -0.1) is 0 Å². The molecule has 146 valence electrons. The third kappa shape index (κ3) is 3.42. The average Bonchev–Trinajstić information content (AvgIpc) is 2.95. The maximum Gasteiger partial charge on any atom is 0.246 e. The first kappa shape index (κ1) is 19.4. The first-order valence-electron chi connectivity index (χ1n) is 9.64. The lowest BCUT2D eigenvalue weighted by atomic mass is 9.65. The molecule has 3 rings (SSSR count). The van der Waals surface area contributed by atoms with Crippen LogP contribution in [-0.2, 0) is 14.9 Å². The van der Waals surface area contributed by atoms with Crippen LogP contribution in [-0.4, -0.2) is 54.4 Å². The molecule has 1 aromatic heterocycles. The molecule has 0 aromatic carbocycles. The maximum absolute atomic E-state index is 12.9. The van der Waals surface area contributed by atoms with Gasteiger partial charge in [0.2, 0.25) is 5.91 Å². The van der Waals surface area contributed by atoms with Crippen molar-refractivity contribution in [1.82, 2.24) is 4.90 Å². The van der Waals surface area contributed by atoms with Crippen LogP contribution >= 0.6 is 0 Å². The van der Waals surface area contributed by atoms with Gasteiger partial charge in [-0.3, -0.25) is 15.0 Å². The van der Waals surface area contributed by atoms with Crippen LogP contribution in [0.25, 0.3) is 0 Å². The van der Waals surface area contributed by atoms with Gasteiger partial charge in [-0.05, 0) is 53.5 Å². The number of likely N-dealkylation sites (N-methyl/N-ethyl adjacent to an activating group) is 1. The Morgan fingerprint density at radius 2 is 2.04 bits per heavy atom. The van der Waals surface area contributed by atoms with Gasteiger partial charge < -0.3 is 14.3 Å². The molecule has 0 bridgehead atoms. The summed E-state index contributed by atoms with van der Waals surface area (Å²) in [5.41, 5.74) is 0.177. The Morgan fingerprint density at radius 3 is 2.58 bits per heavy atom. The second kappa shape index (κ2) is 7.33. The predicted molar refractivity (Wildman–Crippen MR) is 100 cm³/mol. The summed E-state index contributed by atoms with van der Waals surface area (Å²) >= 11 is 0. The van der Waals surface area contributed by atoms with Crippen LogP contribution in [0.15, 0.2) is 10.5 Å². The second-order valence-electron chi connectivity index (χ2n) is 8.34. The number of amides is 1. The van der Waals surface area contributed by atoms with E-state index >= 15 is 0 Å². The van der Waals surface area contributed by atoms with Gasteiger partial charge in [0.05, 0.1) is 12.1 Å². The third-order valence-corrected chi connectivity index (χ3v) is 6.52. The van der Waals surface area contributed by atoms with Crippen molar-refractivity contribution >= 4 is 11.8 Å². The number of carbonyl (C=O) groups excluding carboxylic acids is 1. The largest absolute Gasteiger partial charge is 0.445 e. The van der Waals surface area contributed by atoms with E-state index in [2.05, 4.69) is 10.2 Å². The van der Waals surface area contributed by atoms with Crippen molar-refractivity contribution in [2.24, 2.45) is 0 Å². The topological polar surface area (TPSA) is 74.9 Å². The van der Waals surface area contributed by atoms with Crippen molar-refractivity contribution < 1.29 is 19.1 Å². The lowest BCUT2D eigenvalue weighted by Crippen LogP contribution is -2.55. The highest BCUT2D eigenvalue weighted by Crippen LogP contribution is 2.46. The van der Waals surface area contributed by atoms with Gasteiger partial charge >= 0.3 is 0 Å². The summed E-state index contributed by atoms with van der Waals surface area (Å²) in [5.74, 6) is 1.17. The summed E-state index contributed by atoms with van der Waals surface area (Å²) in [5, 5.41) is 12.8. The van der Waals surface area contributed by atoms with Crippen LogP contribution in [0.5, 0.6) is 0 Å². The monoisotopic (exact) mass is 364 g/mol. The van der Waals surface area contributed by atoms with Gasteiger partial charge in [0.25, 0.3) is 0 Å². The van der Waals surface area contributed by atoms with E-state index in [0.717, 1.165) is 56.6 Å². The Labute approximate surface area is 155 Å². The molecule has 6 heteroatoms. The SMILES string of the molecule is Cc1oc(NC(=O)C(C)(C)N(C)C2CCOCC2)cc1C1(CO)CCC1. The molecule has 0 atom stereocenters. The number of furan rings is 1. The Balaban J connectivity index is 1.71. The molecule has 1 aliphatic heterocycles. The number of aliphatic hydroxyl groups excluding tert-OH is 1. The number of anilines is 1. The van der Waals surface area contributed by atoms with E-state index in [4.69, 9.17) is 9.15 Å². The molecular formula is C20H32N2O4. The number of aliphatic hydroxyl groups is 1. The fourth-order valence-electron chi connectivity index (χ4n) is 4.14. The number of nitrogens with one attached hydrogen (secondary N) is 1. The number of carbonyl (C=O) groups is 1. The number of nitrogens with zero attached hydrogens (tertiary/aromatic N) is 1. The third-order valence-electron chi connectivity index (χ3n) is 6.52. The molecule has 2 fully saturated rings. The van der Waals surface area contributed by atoms with Crippen molar-refractivity contribution in [2.45, 2.75) is 69.9 Å². The zero-order valence-corrected chi connectivity index (χ0v) is 16.4. The lowest BCUT2D eigenvalue weighted by molar-refractivity contribution is -0.128. The van der Waals surface area contributed by atoms with Crippen molar-refractivity contribution in [3.8, 4) is 0 Å². The Kier molecular flexibility index (Phi) is 5.47. The number of hydrogen-bond donors (Lipinski definition) is 2. The molecule has 1 aromatic rings. The van der Waals surface area contributed by atoms with E-state index in [9.17, 15) is 9.90 Å². The van der Waals surface area contributed by atoms with Gasteiger partial charge in [0, 0.05) is 36.3 Å². The van der Waals surface area contributed by atoms with Crippen molar-refractivity contribution in [2.75, 3.05) is 32.2 Å². The fourth-order valence-corrected chi connectivity index (χ4v) is 4.14. The van der Waals surface area contributed by atoms with Crippen LogP contribution in [0.3, 0.4) is 0 Å². The van der Waals surface area contributed by atoms with E-state index in [-0.39, 0.29) is 17.9 Å². The molecule has 1 amide bonds. The van der Waals surface area contributed by atoms with Crippen LogP contribution in [0.1, 0.15) is 57.3 Å². The molecule has 2 N–H and O–H groups in total. The minimum absolute atomic E-state index is 0.0848. The van der Waals surface area contributed by atoms with Crippen molar-refractivity contribution in [3.05, 3.63) is 17.4 Å². The van der Waals surface area contributed by atoms with Crippen LogP contribution in [0.4, 0.5) is 5.88 Å². The van der Waals surface area contributed by atoms with Crippen LogP contribution in [0.2, 0.25) is 0 Å². The number of rotatable bonds is 6. The smallest absolute Gasteiger partial charge is 0.246 e. The van der Waals surface area contributed by atoms with Gasteiger partial charge in [0.15, 0.2) is 5.88 Å². The van der Waals surface area contributed by atoms with E-state index in [1.807, 2.05) is 33.9 Å². The number of hydrogen-bond acceptors (Lipinski definition) is 5. The second-order valence-corrected chi connectivity index (χ2v) is 8.34. The van der Waals surface area contributed by atoms with E-state index < -0.39 is 5.54 Å². The number of ether oxygens (including phenoxy) is 1. The van der Waals surface area contributed by atoms with E-state index in [0.29, 0.717) is 11.9 Å². The first-order chi connectivity index (χ1) is 12.3. The van der Waals surface area contributed by atoms with E-state index in [1.165, 1.54) is 0 Å². The molecule has 6 nitrogen and oxygen atoms in total. The summed E-state index contributed by atoms with van der Waals surface area (Å²) in [6.45, 7) is 7.40. The van der Waals surface area contributed by atoms with Crippen molar-refractivity contribution in [1.29, 1.82) is 0 Å². The lowest BCUT2D eigenvalue weighted by Gasteiger charge is -2.41. The molecule has 26 heavy (non-hydrogen) atoms. The van der Waals surface area contributed by atoms with E-state index in [1.54, 1.807) is 0 Å². The number of aryl methyl sites for hydroxylation is 1. The van der Waals surface area contributed by atoms with Gasteiger partial charge in [0.1, 0.15) is 5.76 Å². The van der Waals surface area contributed by atoms with Crippen LogP contribution in [0, 0.1) is 6.92 Å². The van der Waals surface area contributed by atoms with Crippen molar-refractivity contribution in [3.63, 3.8) is 0 Å². The zero-order chi connectivity index (χ0) is 18.9. The maximum atomic E-state index is 12.9. The molecule has 0 radical (unpaired) electrons. The molecule has 0 spiro atoms. The summed E-state index contributed by atoms with van der Waals surface area (Å²) in [6, 6.07) is 2.23. The highest BCUT2D eigenvalue weighted by molar-refractivity contribution is 5.96. The summed E-state index contributed by atoms with van der Waals surface area (Å²) in [6.07, 6.45) is 4.94. The quantitative estimate of drug-likeness (QED) is 0.812. The summed E-state index contributed by atoms with van der Waals surface area (Å²) in [4.78, 5) is 15.1. The average molecular weight is 364 g/mol. The molecule has 0 unspecified atom stereocenters. The Hall–Kier alpha value is -1.37. The molecule has 1 saturated carbocycles. The molecule has 1 saturated heterocycles. The minimum atomic E-state index is -0.659. The summed E-state index contributed by atoms with van der Waals surface area (Å²) in [7, 11) is 2.00. The highest BCUT2D eigenvalue weighted by atomic mass is 16.5. The van der Waals surface area contributed by atoms with Gasteiger partial charge in [-0.2, -0.15) is 0 Å². The molecule has 2 aliphatic rings. The Morgan fingerprint density at radius 1 is 1.38 bits per heavy atom. The zero-order valence-electron chi connectivity index (χ0n) is 16.4. The predicted octanol–water partition coefficient (Wildman–Crippen LogP) is 2.83. The molecule has 2 heterocycles. The standard InChI is InChI=1S/C20H32N2O4/c1-14-16(20(13-23)8-5-9-20)12-17(26-14)21-18(24)19(2,3)22(4)15-6-10-25-11-7-15/h12,15,23H,5-11,13H2,1-4H3,(H,21,24). The first-order valence-corrected chi connectivity index (χ1v) is 9.64. The normalized spacial score (nSPS) is 20.8. The summed E-state index contributed by atoms with van der Waals surface area (Å²) < 4.78 is 11.2. The minimum Gasteiger partial charge on any atom is -0.445 e. The van der Waals surface area contributed by atoms with Crippen LogP contribution < -0.4 is 5.32 Å². The molecule has 1 aliphatic carbocycles. The highest BCUT2D eigenvalue weighted by Gasteiger charge is 2.41. The Bertz CT molecular complexity index is 637. The van der Waals surface area contributed by atoms with Gasteiger partial charge in [-0.25, -0.2) is 0 Å². The fraction of sp³-hybridized carbons (Fsp3) is 0.750. The van der Waals surface area contributed by atoms with Gasteiger partial charge in [-0.1, -0.05) is 6.42 Å².